The average molecular weight is 302 g/mol. The Morgan fingerprint density at radius 3 is 2.43 bits per heavy atom. The number of hydrogen-bond donors (Lipinski definition) is 2. The molecular formula is C14H17F3N2O2. The molecule has 7 heteroatoms. The van der Waals surface area contributed by atoms with Crippen molar-refractivity contribution in [1.82, 2.24) is 10.3 Å². The number of carbonyl (C=O) groups excluding carboxylic acids is 1. The van der Waals surface area contributed by atoms with Crippen LogP contribution in [0.25, 0.3) is 0 Å². The molecule has 21 heavy (non-hydrogen) atoms. The summed E-state index contributed by atoms with van der Waals surface area (Å²) < 4.78 is 37.2. The maximum Gasteiger partial charge on any atom is 0.433 e. The largest absolute Gasteiger partial charge is 0.433 e. The van der Waals surface area contributed by atoms with Gasteiger partial charge in [-0.05, 0) is 25.0 Å². The van der Waals surface area contributed by atoms with Gasteiger partial charge in [-0.2, -0.15) is 13.2 Å². The van der Waals surface area contributed by atoms with Gasteiger partial charge in [-0.15, -0.1) is 0 Å². The predicted octanol–water partition coefficient (Wildman–Crippen LogP) is 2.53. The Bertz CT molecular complexity index is 494. The van der Waals surface area contributed by atoms with Crippen LogP contribution < -0.4 is 5.32 Å². The molecule has 1 aliphatic carbocycles. The molecule has 0 radical (unpaired) electrons. The quantitative estimate of drug-likeness (QED) is 0.902. The minimum absolute atomic E-state index is 0.0569. The van der Waals surface area contributed by atoms with E-state index in [1.807, 2.05) is 0 Å². The lowest BCUT2D eigenvalue weighted by Gasteiger charge is -2.36. The van der Waals surface area contributed by atoms with Crippen molar-refractivity contribution in [3.63, 3.8) is 0 Å². The number of alkyl halides is 3. The summed E-state index contributed by atoms with van der Waals surface area (Å²) in [6, 6.07) is 1.88. The number of rotatable bonds is 3. The molecule has 0 spiro atoms. The van der Waals surface area contributed by atoms with Crippen LogP contribution in [0, 0.1) is 0 Å². The normalized spacial score (nSPS) is 18.3. The Hall–Kier alpha value is -1.63. The summed E-state index contributed by atoms with van der Waals surface area (Å²) in [6.07, 6.45) is 0.598. The van der Waals surface area contributed by atoms with Crippen LogP contribution in [0.1, 0.15) is 48.2 Å². The lowest BCUT2D eigenvalue weighted by atomic mass is 9.82. The van der Waals surface area contributed by atoms with Crippen molar-refractivity contribution >= 4 is 5.91 Å². The van der Waals surface area contributed by atoms with Gasteiger partial charge < -0.3 is 10.4 Å². The lowest BCUT2D eigenvalue weighted by Crippen LogP contribution is -2.52. The summed E-state index contributed by atoms with van der Waals surface area (Å²) in [4.78, 5) is 15.4. The number of aliphatic hydroxyl groups excluding tert-OH is 1. The first kappa shape index (κ1) is 15.8. The van der Waals surface area contributed by atoms with E-state index in [1.165, 1.54) is 0 Å². The Balaban J connectivity index is 2.09. The molecule has 0 bridgehead atoms. The van der Waals surface area contributed by atoms with E-state index in [4.69, 9.17) is 0 Å². The van der Waals surface area contributed by atoms with E-state index in [1.54, 1.807) is 0 Å². The second-order valence-corrected chi connectivity index (χ2v) is 5.38. The van der Waals surface area contributed by atoms with Crippen LogP contribution in [-0.4, -0.2) is 28.1 Å². The number of amides is 1. The number of nitrogens with one attached hydrogen (secondary N) is 1. The first-order valence-electron chi connectivity index (χ1n) is 6.83. The Morgan fingerprint density at radius 2 is 1.95 bits per heavy atom. The second-order valence-electron chi connectivity index (χ2n) is 5.38. The van der Waals surface area contributed by atoms with Crippen molar-refractivity contribution in [2.24, 2.45) is 0 Å². The molecule has 4 nitrogen and oxygen atoms in total. The van der Waals surface area contributed by atoms with Crippen LogP contribution in [0.15, 0.2) is 18.3 Å². The van der Waals surface area contributed by atoms with Gasteiger partial charge >= 0.3 is 6.18 Å². The zero-order chi connectivity index (χ0) is 15.5. The maximum atomic E-state index is 12.4. The summed E-state index contributed by atoms with van der Waals surface area (Å²) in [5.41, 5.74) is -1.65. The highest BCUT2D eigenvalue weighted by molar-refractivity contribution is 5.94. The average Bonchev–Trinajstić information content (AvgIpc) is 2.47. The third-order valence-electron chi connectivity index (χ3n) is 3.81. The molecule has 0 aliphatic heterocycles. The van der Waals surface area contributed by atoms with Crippen LogP contribution in [0.2, 0.25) is 0 Å². The number of aliphatic hydroxyl groups is 1. The van der Waals surface area contributed by atoms with E-state index in [0.717, 1.165) is 37.6 Å². The van der Waals surface area contributed by atoms with Gasteiger partial charge in [0.1, 0.15) is 5.69 Å². The molecule has 1 fully saturated rings. The van der Waals surface area contributed by atoms with Crippen molar-refractivity contribution in [1.29, 1.82) is 0 Å². The molecule has 116 valence electrons. The zero-order valence-electron chi connectivity index (χ0n) is 11.4. The number of halogens is 3. The van der Waals surface area contributed by atoms with Crippen LogP contribution >= 0.6 is 0 Å². The monoisotopic (exact) mass is 302 g/mol. The summed E-state index contributed by atoms with van der Waals surface area (Å²) in [6.45, 7) is -0.174. The topological polar surface area (TPSA) is 62.2 Å². The number of carbonyl (C=O) groups is 1. The third kappa shape index (κ3) is 3.72. The van der Waals surface area contributed by atoms with Crippen LogP contribution in [-0.2, 0) is 6.18 Å². The van der Waals surface area contributed by atoms with Crippen LogP contribution in [0.3, 0.4) is 0 Å². The van der Waals surface area contributed by atoms with Crippen molar-refractivity contribution in [3.05, 3.63) is 29.6 Å². The van der Waals surface area contributed by atoms with Crippen molar-refractivity contribution in [2.75, 3.05) is 6.61 Å². The summed E-state index contributed by atoms with van der Waals surface area (Å²) in [7, 11) is 0. The molecule has 0 saturated heterocycles. The Kier molecular flexibility index (Phi) is 4.51. The minimum atomic E-state index is -4.52. The van der Waals surface area contributed by atoms with Crippen molar-refractivity contribution < 1.29 is 23.1 Å². The fourth-order valence-electron chi connectivity index (χ4n) is 2.56. The molecule has 0 aromatic carbocycles. The molecule has 2 N–H and O–H groups in total. The third-order valence-corrected chi connectivity index (χ3v) is 3.81. The first-order chi connectivity index (χ1) is 9.86. The van der Waals surface area contributed by atoms with Gasteiger partial charge in [-0.25, -0.2) is 0 Å². The van der Waals surface area contributed by atoms with Gasteiger partial charge in [0.15, 0.2) is 0 Å². The highest BCUT2D eigenvalue weighted by Gasteiger charge is 2.34. The highest BCUT2D eigenvalue weighted by Crippen LogP contribution is 2.29. The SMILES string of the molecule is O=C(NC1(CO)CCCCC1)c1ccc(C(F)(F)F)nc1. The molecule has 0 unspecified atom stereocenters. The molecule has 1 aliphatic rings. The maximum absolute atomic E-state index is 12.4. The van der Waals surface area contributed by atoms with Crippen molar-refractivity contribution in [2.45, 2.75) is 43.8 Å². The second kappa shape index (κ2) is 6.01. The zero-order valence-corrected chi connectivity index (χ0v) is 11.4. The summed E-state index contributed by atoms with van der Waals surface area (Å²) >= 11 is 0. The predicted molar refractivity (Wildman–Crippen MR) is 69.6 cm³/mol. The summed E-state index contributed by atoms with van der Waals surface area (Å²) in [5.74, 6) is -0.507. The number of aromatic nitrogens is 1. The van der Waals surface area contributed by atoms with Gasteiger partial charge in [0, 0.05) is 6.20 Å². The first-order valence-corrected chi connectivity index (χ1v) is 6.83. The van der Waals surface area contributed by atoms with Gasteiger partial charge in [-0.1, -0.05) is 19.3 Å². The lowest BCUT2D eigenvalue weighted by molar-refractivity contribution is -0.141. The van der Waals surface area contributed by atoms with E-state index in [9.17, 15) is 23.1 Å². The van der Waals surface area contributed by atoms with Gasteiger partial charge in [0.2, 0.25) is 0 Å². The Labute approximate surface area is 120 Å². The smallest absolute Gasteiger partial charge is 0.394 e. The molecule has 1 saturated carbocycles. The van der Waals surface area contributed by atoms with Gasteiger partial charge in [-0.3, -0.25) is 9.78 Å². The molecule has 1 amide bonds. The number of hydrogen-bond acceptors (Lipinski definition) is 3. The van der Waals surface area contributed by atoms with Gasteiger partial charge in [0.05, 0.1) is 17.7 Å². The number of nitrogens with zero attached hydrogens (tertiary/aromatic N) is 1. The molecule has 1 aromatic rings. The van der Waals surface area contributed by atoms with Crippen molar-refractivity contribution in [3.8, 4) is 0 Å². The van der Waals surface area contributed by atoms with E-state index < -0.39 is 23.3 Å². The molecule has 2 rings (SSSR count). The standard InChI is InChI=1S/C14H17F3N2O2/c15-14(16,17)11-5-4-10(8-18-11)12(21)19-13(9-20)6-2-1-3-7-13/h4-5,8,20H,1-3,6-7,9H2,(H,19,21). The summed E-state index contributed by atoms with van der Waals surface area (Å²) in [5, 5.41) is 12.3. The molecular weight excluding hydrogens is 285 g/mol. The van der Waals surface area contributed by atoms with E-state index in [-0.39, 0.29) is 12.2 Å². The fourth-order valence-corrected chi connectivity index (χ4v) is 2.56. The number of pyridine rings is 1. The van der Waals surface area contributed by atoms with Crippen LogP contribution in [0.4, 0.5) is 13.2 Å². The van der Waals surface area contributed by atoms with E-state index in [2.05, 4.69) is 10.3 Å². The fraction of sp³-hybridized carbons (Fsp3) is 0.571. The van der Waals surface area contributed by atoms with Gasteiger partial charge in [0.25, 0.3) is 5.91 Å². The minimum Gasteiger partial charge on any atom is -0.394 e. The molecule has 0 atom stereocenters. The van der Waals surface area contributed by atoms with E-state index in [0.29, 0.717) is 12.8 Å². The van der Waals surface area contributed by atoms with Crippen LogP contribution in [0.5, 0.6) is 0 Å². The Morgan fingerprint density at radius 1 is 1.29 bits per heavy atom. The van der Waals surface area contributed by atoms with E-state index >= 15 is 0 Å². The highest BCUT2D eigenvalue weighted by atomic mass is 19.4. The molecule has 1 heterocycles. The molecule has 1 aromatic heterocycles.